The van der Waals surface area contributed by atoms with Gasteiger partial charge in [0.25, 0.3) is 0 Å². The van der Waals surface area contributed by atoms with Crippen LogP contribution in [0.2, 0.25) is 0 Å². The predicted molar refractivity (Wildman–Crippen MR) is 90.0 cm³/mol. The molecule has 2 aromatic rings. The van der Waals surface area contributed by atoms with Crippen molar-refractivity contribution < 1.29 is 19.1 Å². The molecule has 1 aliphatic rings. The molecule has 0 bridgehead atoms. The largest absolute Gasteiger partial charge is 0.475 e. The molecule has 0 aromatic heterocycles. The van der Waals surface area contributed by atoms with E-state index in [1.807, 2.05) is 48.5 Å². The van der Waals surface area contributed by atoms with Gasteiger partial charge in [-0.05, 0) is 24.1 Å². The second kappa shape index (κ2) is 7.17. The van der Waals surface area contributed by atoms with Crippen LogP contribution in [0, 0.1) is 0 Å². The lowest BCUT2D eigenvalue weighted by atomic mass is 10.1. The van der Waals surface area contributed by atoms with Crippen molar-refractivity contribution in [2.45, 2.75) is 18.9 Å². The lowest BCUT2D eigenvalue weighted by Gasteiger charge is -2.33. The van der Waals surface area contributed by atoms with Gasteiger partial charge in [-0.15, -0.1) is 0 Å². The first kappa shape index (κ1) is 16.1. The molecule has 0 saturated heterocycles. The van der Waals surface area contributed by atoms with Gasteiger partial charge in [-0.2, -0.15) is 0 Å². The van der Waals surface area contributed by atoms with E-state index in [1.165, 1.54) is 7.11 Å². The summed E-state index contributed by atoms with van der Waals surface area (Å²) in [5.41, 5.74) is 1.80. The van der Waals surface area contributed by atoms with Crippen LogP contribution >= 0.6 is 0 Å². The van der Waals surface area contributed by atoms with Crippen molar-refractivity contribution >= 4 is 17.6 Å². The van der Waals surface area contributed by atoms with Crippen molar-refractivity contribution in [2.24, 2.45) is 0 Å². The van der Waals surface area contributed by atoms with Gasteiger partial charge in [0.1, 0.15) is 5.75 Å². The third-order valence-electron chi connectivity index (χ3n) is 4.01. The molecule has 0 fully saturated rings. The third-order valence-corrected chi connectivity index (χ3v) is 4.01. The molecule has 2 aromatic carbocycles. The van der Waals surface area contributed by atoms with E-state index in [-0.39, 0.29) is 12.5 Å². The maximum absolute atomic E-state index is 12.7. The summed E-state index contributed by atoms with van der Waals surface area (Å²) < 4.78 is 10.4. The summed E-state index contributed by atoms with van der Waals surface area (Å²) in [7, 11) is 1.31. The maximum atomic E-state index is 12.7. The highest BCUT2D eigenvalue weighted by molar-refractivity contribution is 5.96. The summed E-state index contributed by atoms with van der Waals surface area (Å²) in [6, 6.07) is 17.1. The Balaban J connectivity index is 1.77. The van der Waals surface area contributed by atoms with Gasteiger partial charge in [0.2, 0.25) is 12.0 Å². The molecule has 24 heavy (non-hydrogen) atoms. The number of anilines is 1. The van der Waals surface area contributed by atoms with Crippen molar-refractivity contribution in [2.75, 3.05) is 18.6 Å². The molecule has 0 unspecified atom stereocenters. The molecule has 1 atom stereocenters. The summed E-state index contributed by atoms with van der Waals surface area (Å²) in [6.07, 6.45) is 0.222. The van der Waals surface area contributed by atoms with Crippen molar-refractivity contribution in [3.05, 3.63) is 60.2 Å². The average molecular weight is 325 g/mol. The molecule has 0 saturated carbocycles. The zero-order valence-corrected chi connectivity index (χ0v) is 13.5. The monoisotopic (exact) mass is 325 g/mol. The Morgan fingerprint density at radius 2 is 1.83 bits per heavy atom. The fraction of sp³-hybridized carbons (Fsp3) is 0.263. The molecule has 0 aliphatic carbocycles. The van der Waals surface area contributed by atoms with Gasteiger partial charge >= 0.3 is 5.97 Å². The van der Waals surface area contributed by atoms with Gasteiger partial charge in [-0.1, -0.05) is 42.5 Å². The number of carbonyl (C=O) groups excluding carboxylic acids is 2. The minimum absolute atomic E-state index is 0.0384. The summed E-state index contributed by atoms with van der Waals surface area (Å²) >= 11 is 0. The molecule has 0 spiro atoms. The first-order chi connectivity index (χ1) is 11.7. The molecule has 5 nitrogen and oxygen atoms in total. The minimum Gasteiger partial charge on any atom is -0.475 e. The van der Waals surface area contributed by atoms with Crippen LogP contribution in [0.1, 0.15) is 12.0 Å². The number of carbonyl (C=O) groups is 2. The van der Waals surface area contributed by atoms with Crippen molar-refractivity contribution in [1.29, 1.82) is 0 Å². The molecule has 124 valence electrons. The van der Waals surface area contributed by atoms with Crippen LogP contribution < -0.4 is 9.64 Å². The molecular weight excluding hydrogens is 306 g/mol. The number of fused-ring (bicyclic) bond motifs is 1. The molecule has 1 amide bonds. The van der Waals surface area contributed by atoms with Crippen LogP contribution in [0.15, 0.2) is 54.6 Å². The second-order valence-corrected chi connectivity index (χ2v) is 5.59. The molecule has 5 heteroatoms. The Morgan fingerprint density at radius 1 is 1.12 bits per heavy atom. The van der Waals surface area contributed by atoms with Crippen molar-refractivity contribution in [1.82, 2.24) is 0 Å². The highest BCUT2D eigenvalue weighted by Crippen LogP contribution is 2.33. The molecular formula is C19H19NO4. The van der Waals surface area contributed by atoms with E-state index in [4.69, 9.17) is 9.47 Å². The first-order valence-corrected chi connectivity index (χ1v) is 7.87. The Bertz CT molecular complexity index is 729. The Hall–Kier alpha value is -2.82. The molecule has 0 N–H and O–H groups in total. The maximum Gasteiger partial charge on any atom is 0.348 e. The quantitative estimate of drug-likeness (QED) is 0.811. The highest BCUT2D eigenvalue weighted by atomic mass is 16.6. The summed E-state index contributed by atoms with van der Waals surface area (Å²) in [5.74, 6) is 0.001000. The standard InChI is InChI=1S/C19H19NO4/c1-23-19(22)17-13-20(15-9-5-6-10-16(15)24-17)18(21)12-11-14-7-3-2-4-8-14/h2-10,17H,11-13H2,1H3/t17-/m0/s1. The van der Waals surface area contributed by atoms with Crippen LogP contribution in [-0.2, 0) is 20.7 Å². The Morgan fingerprint density at radius 3 is 2.58 bits per heavy atom. The van der Waals surface area contributed by atoms with E-state index in [1.54, 1.807) is 11.0 Å². The number of hydrogen-bond acceptors (Lipinski definition) is 4. The number of esters is 1. The smallest absolute Gasteiger partial charge is 0.348 e. The molecule has 3 rings (SSSR count). The SMILES string of the molecule is COC(=O)[C@@H]1CN(C(=O)CCc2ccccc2)c2ccccc2O1. The number of rotatable bonds is 4. The fourth-order valence-corrected chi connectivity index (χ4v) is 2.76. The van der Waals surface area contributed by atoms with Gasteiger partial charge < -0.3 is 14.4 Å². The number of nitrogens with zero attached hydrogens (tertiary/aromatic N) is 1. The highest BCUT2D eigenvalue weighted by Gasteiger charge is 2.34. The number of hydrogen-bond donors (Lipinski definition) is 0. The van der Waals surface area contributed by atoms with Crippen LogP contribution in [0.4, 0.5) is 5.69 Å². The van der Waals surface area contributed by atoms with E-state index >= 15 is 0 Å². The topological polar surface area (TPSA) is 55.8 Å². The zero-order valence-electron chi connectivity index (χ0n) is 13.5. The third kappa shape index (κ3) is 3.40. The number of para-hydroxylation sites is 2. The van der Waals surface area contributed by atoms with Crippen molar-refractivity contribution in [3.63, 3.8) is 0 Å². The fourth-order valence-electron chi connectivity index (χ4n) is 2.76. The van der Waals surface area contributed by atoms with Crippen LogP contribution in [0.5, 0.6) is 5.75 Å². The van der Waals surface area contributed by atoms with Crippen LogP contribution in [0.25, 0.3) is 0 Å². The second-order valence-electron chi connectivity index (χ2n) is 5.59. The molecule has 1 heterocycles. The van der Waals surface area contributed by atoms with Gasteiger partial charge in [-0.3, -0.25) is 4.79 Å². The van der Waals surface area contributed by atoms with E-state index < -0.39 is 12.1 Å². The van der Waals surface area contributed by atoms with Gasteiger partial charge in [-0.25, -0.2) is 4.79 Å². The van der Waals surface area contributed by atoms with E-state index in [2.05, 4.69) is 0 Å². The van der Waals surface area contributed by atoms with Crippen LogP contribution in [-0.4, -0.2) is 31.6 Å². The van der Waals surface area contributed by atoms with E-state index in [9.17, 15) is 9.59 Å². The summed E-state index contributed by atoms with van der Waals surface area (Å²) in [4.78, 5) is 26.2. The number of methoxy groups -OCH3 is 1. The predicted octanol–water partition coefficient (Wildman–Crippen LogP) is 2.59. The lowest BCUT2D eigenvalue weighted by Crippen LogP contribution is -2.47. The number of aryl methyl sites for hydroxylation is 1. The van der Waals surface area contributed by atoms with E-state index in [0.29, 0.717) is 24.3 Å². The summed E-state index contributed by atoms with van der Waals surface area (Å²) in [6.45, 7) is 0.164. The normalized spacial score (nSPS) is 16.0. The number of ether oxygens (including phenoxy) is 2. The summed E-state index contributed by atoms with van der Waals surface area (Å²) in [5, 5.41) is 0. The Kier molecular flexibility index (Phi) is 4.79. The minimum atomic E-state index is -0.800. The van der Waals surface area contributed by atoms with Gasteiger partial charge in [0.05, 0.1) is 19.3 Å². The Labute approximate surface area is 140 Å². The van der Waals surface area contributed by atoms with Gasteiger partial charge in [0.15, 0.2) is 0 Å². The molecule has 1 aliphatic heterocycles. The zero-order chi connectivity index (χ0) is 16.9. The number of amides is 1. The average Bonchev–Trinajstić information content (AvgIpc) is 2.65. The lowest BCUT2D eigenvalue weighted by molar-refractivity contribution is -0.148. The molecule has 0 radical (unpaired) electrons. The van der Waals surface area contributed by atoms with Crippen LogP contribution in [0.3, 0.4) is 0 Å². The van der Waals surface area contributed by atoms with Crippen molar-refractivity contribution in [3.8, 4) is 5.75 Å². The van der Waals surface area contributed by atoms with E-state index in [0.717, 1.165) is 5.56 Å². The first-order valence-electron chi connectivity index (χ1n) is 7.87. The van der Waals surface area contributed by atoms with Gasteiger partial charge in [0, 0.05) is 6.42 Å². The number of benzene rings is 2.